The van der Waals surface area contributed by atoms with Crippen molar-refractivity contribution in [3.63, 3.8) is 0 Å². The molecule has 1 fully saturated rings. The van der Waals surface area contributed by atoms with Crippen molar-refractivity contribution in [3.05, 3.63) is 29.3 Å². The molecule has 3 rings (SSSR count). The van der Waals surface area contributed by atoms with Gasteiger partial charge in [0.1, 0.15) is 0 Å². The van der Waals surface area contributed by atoms with E-state index < -0.39 is 0 Å². The first-order chi connectivity index (χ1) is 8.31. The van der Waals surface area contributed by atoms with Crippen molar-refractivity contribution >= 4 is 5.69 Å². The molecule has 0 unspecified atom stereocenters. The maximum atomic E-state index is 5.44. The monoisotopic (exact) mass is 232 g/mol. The number of likely N-dealkylation sites (tertiary alicyclic amines) is 1. The normalized spacial score (nSPS) is 21.5. The molecular weight excluding hydrogens is 212 g/mol. The Morgan fingerprint density at radius 3 is 2.76 bits per heavy atom. The van der Waals surface area contributed by atoms with Crippen molar-refractivity contribution in [2.24, 2.45) is 0 Å². The smallest absolute Gasteiger partial charge is 0.0725 e. The third-order valence-electron chi connectivity index (χ3n) is 3.81. The van der Waals surface area contributed by atoms with E-state index in [4.69, 9.17) is 4.74 Å². The zero-order chi connectivity index (χ0) is 11.7. The molecule has 2 aliphatic rings. The average molecular weight is 232 g/mol. The lowest BCUT2D eigenvalue weighted by atomic mass is 10.0. The van der Waals surface area contributed by atoms with Gasteiger partial charge in [-0.05, 0) is 56.2 Å². The van der Waals surface area contributed by atoms with E-state index >= 15 is 0 Å². The molecule has 3 heteroatoms. The lowest BCUT2D eigenvalue weighted by Gasteiger charge is -2.30. The van der Waals surface area contributed by atoms with Gasteiger partial charge in [-0.2, -0.15) is 0 Å². The number of rotatable bonds is 2. The first-order valence-electron chi connectivity index (χ1n) is 6.46. The number of nitrogens with one attached hydrogen (secondary N) is 1. The lowest BCUT2D eigenvalue weighted by Crippen LogP contribution is -2.36. The molecule has 1 aromatic rings. The van der Waals surface area contributed by atoms with Crippen LogP contribution in [0, 0.1) is 0 Å². The summed E-state index contributed by atoms with van der Waals surface area (Å²) in [4.78, 5) is 2.40. The molecule has 0 bridgehead atoms. The molecule has 1 N–H and O–H groups in total. The summed E-state index contributed by atoms with van der Waals surface area (Å²) in [7, 11) is 2.20. The standard InChI is InChI=1S/C14H20N2O/c1-16-6-4-13(5-7-16)15-14-3-2-11-9-17-10-12(11)8-14/h2-3,8,13,15H,4-7,9-10H2,1H3. The highest BCUT2D eigenvalue weighted by atomic mass is 16.5. The Morgan fingerprint density at radius 1 is 1.18 bits per heavy atom. The molecule has 3 nitrogen and oxygen atoms in total. The second kappa shape index (κ2) is 4.67. The number of piperidine rings is 1. The number of ether oxygens (including phenoxy) is 1. The fraction of sp³-hybridized carbons (Fsp3) is 0.571. The number of nitrogens with zero attached hydrogens (tertiary/aromatic N) is 1. The number of fused-ring (bicyclic) bond motifs is 1. The maximum Gasteiger partial charge on any atom is 0.0725 e. The Balaban J connectivity index is 1.65. The Hall–Kier alpha value is -1.06. The van der Waals surface area contributed by atoms with Crippen molar-refractivity contribution in [1.29, 1.82) is 0 Å². The second-order valence-corrected chi connectivity index (χ2v) is 5.20. The van der Waals surface area contributed by atoms with Crippen molar-refractivity contribution in [2.75, 3.05) is 25.5 Å². The van der Waals surface area contributed by atoms with E-state index in [0.29, 0.717) is 6.04 Å². The van der Waals surface area contributed by atoms with Gasteiger partial charge < -0.3 is 15.0 Å². The van der Waals surface area contributed by atoms with Crippen LogP contribution in [0.2, 0.25) is 0 Å². The molecule has 2 heterocycles. The number of anilines is 1. The summed E-state index contributed by atoms with van der Waals surface area (Å²) in [5.41, 5.74) is 3.95. The van der Waals surface area contributed by atoms with E-state index in [9.17, 15) is 0 Å². The predicted octanol–water partition coefficient (Wildman–Crippen LogP) is 2.22. The van der Waals surface area contributed by atoms with Crippen molar-refractivity contribution < 1.29 is 4.74 Å². The molecule has 1 aromatic carbocycles. The minimum absolute atomic E-state index is 0.631. The SMILES string of the molecule is CN1CCC(Nc2ccc3c(c2)COC3)CC1. The first-order valence-corrected chi connectivity index (χ1v) is 6.46. The van der Waals surface area contributed by atoms with Crippen molar-refractivity contribution in [3.8, 4) is 0 Å². The van der Waals surface area contributed by atoms with Gasteiger partial charge in [0.2, 0.25) is 0 Å². The van der Waals surface area contributed by atoms with E-state index in [2.05, 4.69) is 35.5 Å². The zero-order valence-electron chi connectivity index (χ0n) is 10.4. The third kappa shape index (κ3) is 2.45. The summed E-state index contributed by atoms with van der Waals surface area (Å²) in [6, 6.07) is 7.26. The van der Waals surface area contributed by atoms with E-state index in [1.165, 1.54) is 42.7 Å². The van der Waals surface area contributed by atoms with Crippen molar-refractivity contribution in [2.45, 2.75) is 32.1 Å². The molecule has 0 aliphatic carbocycles. The molecule has 0 atom stereocenters. The summed E-state index contributed by atoms with van der Waals surface area (Å²) in [6.07, 6.45) is 2.48. The fourth-order valence-electron chi connectivity index (χ4n) is 2.65. The first kappa shape index (κ1) is 11.1. The van der Waals surface area contributed by atoms with Gasteiger partial charge >= 0.3 is 0 Å². The fourth-order valence-corrected chi connectivity index (χ4v) is 2.65. The molecule has 0 amide bonds. The van der Waals surface area contributed by atoms with Gasteiger partial charge in [-0.25, -0.2) is 0 Å². The molecule has 0 radical (unpaired) electrons. The molecule has 0 spiro atoms. The molecule has 1 saturated heterocycles. The van der Waals surface area contributed by atoms with Gasteiger partial charge in [-0.15, -0.1) is 0 Å². The second-order valence-electron chi connectivity index (χ2n) is 5.20. The molecule has 2 aliphatic heterocycles. The number of hydrogen-bond acceptors (Lipinski definition) is 3. The van der Waals surface area contributed by atoms with Gasteiger partial charge in [0.25, 0.3) is 0 Å². The Labute approximate surface area is 103 Å². The Bertz CT molecular complexity index is 397. The predicted molar refractivity (Wildman–Crippen MR) is 69.1 cm³/mol. The van der Waals surface area contributed by atoms with Gasteiger partial charge in [0, 0.05) is 11.7 Å². The van der Waals surface area contributed by atoms with Crippen LogP contribution in [0.3, 0.4) is 0 Å². The average Bonchev–Trinajstić information content (AvgIpc) is 2.79. The molecule has 0 saturated carbocycles. The van der Waals surface area contributed by atoms with Gasteiger partial charge in [0.15, 0.2) is 0 Å². The van der Waals surface area contributed by atoms with Crippen LogP contribution in [0.1, 0.15) is 24.0 Å². The summed E-state index contributed by atoms with van der Waals surface area (Å²) in [5.74, 6) is 0. The third-order valence-corrected chi connectivity index (χ3v) is 3.81. The summed E-state index contributed by atoms with van der Waals surface area (Å²) in [5, 5.41) is 3.65. The van der Waals surface area contributed by atoms with E-state index in [-0.39, 0.29) is 0 Å². The largest absolute Gasteiger partial charge is 0.382 e. The van der Waals surface area contributed by atoms with Crippen LogP contribution in [0.4, 0.5) is 5.69 Å². The molecular formula is C14H20N2O. The summed E-state index contributed by atoms with van der Waals surface area (Å²) >= 11 is 0. The highest BCUT2D eigenvalue weighted by Gasteiger charge is 2.17. The van der Waals surface area contributed by atoms with Crippen LogP contribution >= 0.6 is 0 Å². The molecule has 0 aromatic heterocycles. The number of benzene rings is 1. The Kier molecular flexibility index (Phi) is 3.04. The van der Waals surface area contributed by atoms with E-state index in [1.54, 1.807) is 0 Å². The highest BCUT2D eigenvalue weighted by Crippen LogP contribution is 2.24. The topological polar surface area (TPSA) is 24.5 Å². The summed E-state index contributed by atoms with van der Waals surface area (Å²) in [6.45, 7) is 3.96. The molecule has 92 valence electrons. The zero-order valence-corrected chi connectivity index (χ0v) is 10.4. The van der Waals surface area contributed by atoms with Crippen LogP contribution in [0.5, 0.6) is 0 Å². The van der Waals surface area contributed by atoms with Crippen LogP contribution < -0.4 is 5.32 Å². The lowest BCUT2D eigenvalue weighted by molar-refractivity contribution is 0.134. The minimum atomic E-state index is 0.631. The van der Waals surface area contributed by atoms with Gasteiger partial charge in [0.05, 0.1) is 13.2 Å². The maximum absolute atomic E-state index is 5.44. The van der Waals surface area contributed by atoms with Crippen LogP contribution in [0.25, 0.3) is 0 Å². The summed E-state index contributed by atoms with van der Waals surface area (Å²) < 4.78 is 5.44. The van der Waals surface area contributed by atoms with Crippen molar-refractivity contribution in [1.82, 2.24) is 4.90 Å². The van der Waals surface area contributed by atoms with E-state index in [0.717, 1.165) is 13.2 Å². The highest BCUT2D eigenvalue weighted by molar-refractivity contribution is 5.50. The molecule has 17 heavy (non-hydrogen) atoms. The van der Waals surface area contributed by atoms with Gasteiger partial charge in [-0.1, -0.05) is 6.07 Å². The number of hydrogen-bond donors (Lipinski definition) is 1. The van der Waals surface area contributed by atoms with E-state index in [1.807, 2.05) is 0 Å². The van der Waals surface area contributed by atoms with Gasteiger partial charge in [-0.3, -0.25) is 0 Å². The van der Waals surface area contributed by atoms with Crippen LogP contribution in [-0.4, -0.2) is 31.1 Å². The Morgan fingerprint density at radius 2 is 1.94 bits per heavy atom. The minimum Gasteiger partial charge on any atom is -0.382 e. The van der Waals surface area contributed by atoms with Crippen LogP contribution in [-0.2, 0) is 18.0 Å². The van der Waals surface area contributed by atoms with Crippen LogP contribution in [0.15, 0.2) is 18.2 Å². The quantitative estimate of drug-likeness (QED) is 0.846.